The van der Waals surface area contributed by atoms with Crippen molar-refractivity contribution in [1.82, 2.24) is 19.7 Å². The van der Waals surface area contributed by atoms with Crippen molar-refractivity contribution in [3.8, 4) is 28.6 Å². The summed E-state index contributed by atoms with van der Waals surface area (Å²) in [5.41, 5.74) is 7.81. The zero-order valence-electron chi connectivity index (χ0n) is 23.2. The molecule has 3 aromatic heterocycles. The Morgan fingerprint density at radius 1 is 0.738 bits per heavy atom. The molecule has 0 N–H and O–H groups in total. The number of pyridine rings is 2. The topological polar surface area (TPSA) is 71.8 Å². The molecule has 0 radical (unpaired) electrons. The van der Waals surface area contributed by atoms with E-state index in [1.807, 2.05) is 90.6 Å². The molecule has 0 saturated heterocycles. The normalized spacial score (nSPS) is 12.2. The minimum atomic E-state index is -1.03. The van der Waals surface area contributed by atoms with Crippen molar-refractivity contribution in [2.45, 2.75) is 19.4 Å². The molecule has 42 heavy (non-hydrogen) atoms. The molecular formula is C36H26N6. The lowest BCUT2D eigenvalue weighted by atomic mass is 9.81. The van der Waals surface area contributed by atoms with Gasteiger partial charge in [0.25, 0.3) is 0 Å². The lowest BCUT2D eigenvalue weighted by molar-refractivity contribution is 0.437. The second-order valence-electron chi connectivity index (χ2n) is 10.2. The highest BCUT2D eigenvalue weighted by Crippen LogP contribution is 2.41. The van der Waals surface area contributed by atoms with Crippen LogP contribution in [0, 0.1) is 31.8 Å². The van der Waals surface area contributed by atoms with E-state index in [1.54, 1.807) is 18.3 Å². The van der Waals surface area contributed by atoms with Crippen LogP contribution in [-0.4, -0.2) is 19.7 Å². The van der Waals surface area contributed by atoms with Gasteiger partial charge in [0, 0.05) is 18.0 Å². The van der Waals surface area contributed by atoms with Crippen molar-refractivity contribution in [1.29, 1.82) is 5.26 Å². The summed E-state index contributed by atoms with van der Waals surface area (Å²) in [6.45, 7) is 11.6. The van der Waals surface area contributed by atoms with Gasteiger partial charge in [0.1, 0.15) is 0 Å². The van der Waals surface area contributed by atoms with Gasteiger partial charge in [0.05, 0.1) is 41.0 Å². The number of benzene rings is 3. The van der Waals surface area contributed by atoms with E-state index >= 15 is 0 Å². The first-order valence-corrected chi connectivity index (χ1v) is 13.5. The van der Waals surface area contributed by atoms with Crippen LogP contribution in [0.25, 0.3) is 27.4 Å². The Labute approximate surface area is 245 Å². The van der Waals surface area contributed by atoms with Crippen LogP contribution < -0.4 is 0 Å². The predicted molar refractivity (Wildman–Crippen MR) is 164 cm³/mol. The highest BCUT2D eigenvalue weighted by atomic mass is 15.3. The van der Waals surface area contributed by atoms with Crippen molar-refractivity contribution in [2.75, 3.05) is 0 Å². The smallest absolute Gasteiger partial charge is 0.187 e. The average Bonchev–Trinajstić information content (AvgIpc) is 3.57. The Bertz CT molecular complexity index is 1870. The number of hydrogen-bond acceptors (Lipinski definition) is 4. The Morgan fingerprint density at radius 2 is 1.38 bits per heavy atom. The van der Waals surface area contributed by atoms with Crippen LogP contribution in [-0.2, 0) is 5.54 Å². The van der Waals surface area contributed by atoms with Crippen LogP contribution in [0.15, 0.2) is 122 Å². The molecule has 0 saturated carbocycles. The zero-order chi connectivity index (χ0) is 29.1. The Morgan fingerprint density at radius 3 is 1.98 bits per heavy atom. The molecule has 1 atom stereocenters. The van der Waals surface area contributed by atoms with E-state index in [1.165, 1.54) is 0 Å². The molecule has 0 aliphatic heterocycles. The molecule has 0 aliphatic carbocycles. The average molecular weight is 543 g/mol. The molecule has 3 heterocycles. The molecule has 6 rings (SSSR count). The van der Waals surface area contributed by atoms with Crippen LogP contribution >= 0.6 is 0 Å². The van der Waals surface area contributed by atoms with Crippen molar-refractivity contribution < 1.29 is 0 Å². The van der Waals surface area contributed by atoms with Crippen molar-refractivity contribution in [3.05, 3.63) is 167 Å². The Kier molecular flexibility index (Phi) is 6.88. The minimum Gasteiger partial charge on any atom is -0.250 e. The quantitative estimate of drug-likeness (QED) is 0.201. The maximum Gasteiger partial charge on any atom is 0.187 e. The van der Waals surface area contributed by atoms with Gasteiger partial charge in [-0.3, -0.25) is 0 Å². The third-order valence-electron chi connectivity index (χ3n) is 7.28. The van der Waals surface area contributed by atoms with E-state index in [9.17, 15) is 5.26 Å². The van der Waals surface area contributed by atoms with E-state index in [0.717, 1.165) is 50.6 Å². The first-order valence-electron chi connectivity index (χ1n) is 13.5. The third kappa shape index (κ3) is 4.72. The molecule has 6 heteroatoms. The summed E-state index contributed by atoms with van der Waals surface area (Å²) in [5.74, 6) is 0. The molecular weight excluding hydrogens is 516 g/mol. The first kappa shape index (κ1) is 26.4. The zero-order valence-corrected chi connectivity index (χ0v) is 23.2. The van der Waals surface area contributed by atoms with Crippen molar-refractivity contribution in [2.24, 2.45) is 0 Å². The molecule has 0 aliphatic rings. The van der Waals surface area contributed by atoms with Gasteiger partial charge >= 0.3 is 0 Å². The molecule has 200 valence electrons. The molecule has 0 fully saturated rings. The SMILES string of the molecule is [C-]#[N+]c1cccc(-c2cc(C)cc(C(c3ccccc3)(c3cc(C)cc(-c4cccc(C#N)c4)n3)n3cccn3)n2)c1. The number of aromatic nitrogens is 4. The van der Waals surface area contributed by atoms with Crippen molar-refractivity contribution in [3.63, 3.8) is 0 Å². The Balaban J connectivity index is 1.70. The summed E-state index contributed by atoms with van der Waals surface area (Å²) in [4.78, 5) is 14.2. The monoisotopic (exact) mass is 542 g/mol. The van der Waals surface area contributed by atoms with Gasteiger partial charge in [0.15, 0.2) is 11.2 Å². The molecule has 1 unspecified atom stereocenters. The third-order valence-corrected chi connectivity index (χ3v) is 7.28. The first-order chi connectivity index (χ1) is 20.5. The Hall–Kier alpha value is -5.85. The number of nitrogens with zero attached hydrogens (tertiary/aromatic N) is 6. The summed E-state index contributed by atoms with van der Waals surface area (Å²) >= 11 is 0. The molecule has 6 aromatic rings. The van der Waals surface area contributed by atoms with Gasteiger partial charge in [-0.25, -0.2) is 19.5 Å². The largest absolute Gasteiger partial charge is 0.250 e. The predicted octanol–water partition coefficient (Wildman–Crippen LogP) is 7.89. The van der Waals surface area contributed by atoms with Gasteiger partial charge in [-0.1, -0.05) is 60.7 Å². The number of aryl methyl sites for hydroxylation is 2. The fourth-order valence-corrected chi connectivity index (χ4v) is 5.42. The fourth-order valence-electron chi connectivity index (χ4n) is 5.42. The van der Waals surface area contributed by atoms with E-state index in [0.29, 0.717) is 11.3 Å². The van der Waals surface area contributed by atoms with Crippen LogP contribution in [0.3, 0.4) is 0 Å². The summed E-state index contributed by atoms with van der Waals surface area (Å²) in [7, 11) is 0. The minimum absolute atomic E-state index is 0.559. The second-order valence-corrected chi connectivity index (χ2v) is 10.2. The fraction of sp³-hybridized carbons (Fsp3) is 0.0833. The van der Waals surface area contributed by atoms with Crippen LogP contribution in [0.2, 0.25) is 0 Å². The van der Waals surface area contributed by atoms with Gasteiger partial charge in [0.2, 0.25) is 0 Å². The number of hydrogen-bond donors (Lipinski definition) is 0. The van der Waals surface area contributed by atoms with E-state index in [-0.39, 0.29) is 0 Å². The van der Waals surface area contributed by atoms with E-state index < -0.39 is 5.54 Å². The maximum absolute atomic E-state index is 9.54. The van der Waals surface area contributed by atoms with Gasteiger partial charge in [-0.15, -0.1) is 0 Å². The highest BCUT2D eigenvalue weighted by molar-refractivity contribution is 5.67. The van der Waals surface area contributed by atoms with Gasteiger partial charge < -0.3 is 0 Å². The second kappa shape index (κ2) is 11.0. The summed E-state index contributed by atoms with van der Waals surface area (Å²) in [6.07, 6.45) is 3.71. The van der Waals surface area contributed by atoms with Crippen LogP contribution in [0.1, 0.15) is 33.6 Å². The van der Waals surface area contributed by atoms with E-state index in [4.69, 9.17) is 21.6 Å². The maximum atomic E-state index is 9.54. The lowest BCUT2D eigenvalue weighted by Crippen LogP contribution is -2.40. The number of rotatable bonds is 6. The molecule has 3 aromatic carbocycles. The highest BCUT2D eigenvalue weighted by Gasteiger charge is 2.43. The van der Waals surface area contributed by atoms with Gasteiger partial charge in [-0.2, -0.15) is 10.4 Å². The van der Waals surface area contributed by atoms with Crippen LogP contribution in [0.5, 0.6) is 0 Å². The van der Waals surface area contributed by atoms with Gasteiger partial charge in [-0.05, 0) is 84.6 Å². The van der Waals surface area contributed by atoms with Crippen LogP contribution in [0.4, 0.5) is 5.69 Å². The summed E-state index contributed by atoms with van der Waals surface area (Å²) < 4.78 is 1.92. The molecule has 6 nitrogen and oxygen atoms in total. The number of nitriles is 1. The molecule has 0 amide bonds. The van der Waals surface area contributed by atoms with E-state index in [2.05, 4.69) is 42.1 Å². The molecule has 0 bridgehead atoms. The lowest BCUT2D eigenvalue weighted by Gasteiger charge is -2.35. The molecule has 0 spiro atoms. The van der Waals surface area contributed by atoms with Crippen molar-refractivity contribution >= 4 is 5.69 Å². The summed E-state index contributed by atoms with van der Waals surface area (Å²) in [6, 6.07) is 37.5. The summed E-state index contributed by atoms with van der Waals surface area (Å²) in [5, 5.41) is 14.3. The standard InChI is InChI=1S/C36H26N6/c1-25-18-32(28-11-7-10-27(22-28)24-37)40-34(20-25)36(42-17-9-16-39-42,30-13-5-4-6-14-30)35-21-26(2)19-33(41-35)29-12-8-15-31(23-29)38-3/h4-23H,1-2H3.